The van der Waals surface area contributed by atoms with Gasteiger partial charge in [0, 0.05) is 5.75 Å². The molecule has 0 saturated heterocycles. The summed E-state index contributed by atoms with van der Waals surface area (Å²) in [6.45, 7) is 3.85. The number of aliphatic carboxylic acids is 1. The van der Waals surface area contributed by atoms with E-state index in [1.165, 1.54) is 5.56 Å². The lowest BCUT2D eigenvalue weighted by molar-refractivity contribution is -0.143. The van der Waals surface area contributed by atoms with Crippen LogP contribution in [0.25, 0.3) is 11.0 Å². The summed E-state index contributed by atoms with van der Waals surface area (Å²) in [5, 5.41) is 9.99. The van der Waals surface area contributed by atoms with Gasteiger partial charge in [0.05, 0.1) is 11.0 Å². The first-order valence-corrected chi connectivity index (χ1v) is 8.04. The minimum Gasteiger partial charge on any atom is -0.480 e. The van der Waals surface area contributed by atoms with Crippen molar-refractivity contribution in [1.82, 2.24) is 9.97 Å². The summed E-state index contributed by atoms with van der Waals surface area (Å²) < 4.78 is 0. The number of carboxylic acid groups (broad SMARTS) is 1. The summed E-state index contributed by atoms with van der Waals surface area (Å²) in [4.78, 5) is 18.9. The molecule has 1 atom stereocenters. The van der Waals surface area contributed by atoms with Gasteiger partial charge < -0.3 is 15.8 Å². The van der Waals surface area contributed by atoms with Gasteiger partial charge in [-0.2, -0.15) is 0 Å². The summed E-state index contributed by atoms with van der Waals surface area (Å²) in [5.74, 6) is -0.125. The molecular weight excluding hydrogens is 286 g/mol. The number of hydrogen-bond acceptors (Lipinski definition) is 4. The van der Waals surface area contributed by atoms with E-state index < -0.39 is 11.5 Å². The first-order valence-electron chi connectivity index (χ1n) is 7.06. The van der Waals surface area contributed by atoms with Crippen molar-refractivity contribution in [2.45, 2.75) is 43.8 Å². The number of thioether (sulfide) groups is 1. The lowest BCUT2D eigenvalue weighted by atomic mass is 9.92. The third-order valence-corrected chi connectivity index (χ3v) is 4.64. The summed E-state index contributed by atoms with van der Waals surface area (Å²) in [6.07, 6.45) is 1.67. The minimum atomic E-state index is -1.11. The van der Waals surface area contributed by atoms with E-state index in [1.807, 2.05) is 26.0 Å². The maximum atomic E-state index is 11.1. The van der Waals surface area contributed by atoms with E-state index in [9.17, 15) is 4.79 Å². The fraction of sp³-hybridized carbons (Fsp3) is 0.467. The molecule has 0 spiro atoms. The molecule has 0 radical (unpaired) electrons. The number of fused-ring (bicyclic) bond motifs is 1. The Labute approximate surface area is 128 Å². The van der Waals surface area contributed by atoms with E-state index >= 15 is 0 Å². The summed E-state index contributed by atoms with van der Waals surface area (Å²) in [6, 6.07) is 6.10. The van der Waals surface area contributed by atoms with Gasteiger partial charge in [0.2, 0.25) is 0 Å². The fourth-order valence-electron chi connectivity index (χ4n) is 2.16. The van der Waals surface area contributed by atoms with Crippen molar-refractivity contribution in [3.8, 4) is 0 Å². The molecule has 2 rings (SSSR count). The van der Waals surface area contributed by atoms with E-state index in [4.69, 9.17) is 10.8 Å². The van der Waals surface area contributed by atoms with Gasteiger partial charge in [-0.25, -0.2) is 4.98 Å². The van der Waals surface area contributed by atoms with Gasteiger partial charge in [-0.05, 0) is 43.9 Å². The number of benzene rings is 1. The Kier molecular flexibility index (Phi) is 4.90. The Bertz CT molecular complexity index is 641. The molecule has 0 saturated carbocycles. The van der Waals surface area contributed by atoms with Crippen molar-refractivity contribution in [3.05, 3.63) is 23.8 Å². The van der Waals surface area contributed by atoms with Crippen molar-refractivity contribution in [3.63, 3.8) is 0 Å². The van der Waals surface area contributed by atoms with Crippen molar-refractivity contribution in [2.24, 2.45) is 5.73 Å². The Morgan fingerprint density at radius 2 is 2.29 bits per heavy atom. The molecule has 5 nitrogen and oxygen atoms in total. The number of carboxylic acids is 1. The van der Waals surface area contributed by atoms with Crippen molar-refractivity contribution in [1.29, 1.82) is 0 Å². The highest BCUT2D eigenvalue weighted by molar-refractivity contribution is 7.99. The zero-order valence-electron chi connectivity index (χ0n) is 12.3. The largest absolute Gasteiger partial charge is 0.480 e. The molecular formula is C15H21N3O2S. The maximum Gasteiger partial charge on any atom is 0.323 e. The molecule has 0 bridgehead atoms. The summed E-state index contributed by atoms with van der Waals surface area (Å²) in [7, 11) is 0. The second-order valence-corrected chi connectivity index (χ2v) is 6.41. The van der Waals surface area contributed by atoms with Crippen LogP contribution in [0.5, 0.6) is 0 Å². The standard InChI is InChI=1S/C15H21N3O2S/c1-3-15(16,13(19)20)7-4-8-21-14-17-11-6-5-10(2)9-12(11)18-14/h5-6,9H,3-4,7-8,16H2,1-2H3,(H,17,18)(H,19,20). The molecule has 0 aliphatic carbocycles. The lowest BCUT2D eigenvalue weighted by Crippen LogP contribution is -2.47. The van der Waals surface area contributed by atoms with Gasteiger partial charge in [0.1, 0.15) is 5.54 Å². The summed E-state index contributed by atoms with van der Waals surface area (Å²) >= 11 is 1.60. The third kappa shape index (κ3) is 3.77. The molecule has 1 aromatic heterocycles. The second-order valence-electron chi connectivity index (χ2n) is 5.33. The van der Waals surface area contributed by atoms with E-state index in [1.54, 1.807) is 11.8 Å². The third-order valence-electron chi connectivity index (χ3n) is 3.68. The van der Waals surface area contributed by atoms with Crippen LogP contribution in [-0.2, 0) is 4.79 Å². The highest BCUT2D eigenvalue weighted by Crippen LogP contribution is 2.23. The van der Waals surface area contributed by atoms with Gasteiger partial charge in [0.15, 0.2) is 5.16 Å². The number of carbonyl (C=O) groups is 1. The first kappa shape index (κ1) is 15.9. The van der Waals surface area contributed by atoms with Crippen molar-refractivity contribution < 1.29 is 9.90 Å². The average Bonchev–Trinajstić information content (AvgIpc) is 2.84. The smallest absolute Gasteiger partial charge is 0.323 e. The van der Waals surface area contributed by atoms with Gasteiger partial charge in [-0.15, -0.1) is 0 Å². The zero-order chi connectivity index (χ0) is 15.5. The topological polar surface area (TPSA) is 92.0 Å². The molecule has 6 heteroatoms. The first-order chi connectivity index (χ1) is 9.94. The Balaban J connectivity index is 1.89. The number of aryl methyl sites for hydroxylation is 1. The molecule has 1 aromatic carbocycles. The number of aromatic nitrogens is 2. The molecule has 1 heterocycles. The molecule has 114 valence electrons. The van der Waals surface area contributed by atoms with Crippen LogP contribution in [0.15, 0.2) is 23.4 Å². The Hall–Kier alpha value is -1.53. The average molecular weight is 307 g/mol. The van der Waals surface area contributed by atoms with Gasteiger partial charge in [0.25, 0.3) is 0 Å². The fourth-order valence-corrected chi connectivity index (χ4v) is 2.99. The molecule has 2 aromatic rings. The van der Waals surface area contributed by atoms with Crippen molar-refractivity contribution >= 4 is 28.8 Å². The molecule has 0 amide bonds. The number of rotatable bonds is 7. The van der Waals surface area contributed by atoms with E-state index in [-0.39, 0.29) is 0 Å². The molecule has 21 heavy (non-hydrogen) atoms. The molecule has 0 aliphatic rings. The van der Waals surface area contributed by atoms with Crippen LogP contribution >= 0.6 is 11.8 Å². The normalized spacial score (nSPS) is 14.2. The number of aromatic amines is 1. The maximum absolute atomic E-state index is 11.1. The molecule has 4 N–H and O–H groups in total. The monoisotopic (exact) mass is 307 g/mol. The number of nitrogens with zero attached hydrogens (tertiary/aromatic N) is 1. The predicted octanol–water partition coefficient (Wildman–Crippen LogP) is 2.94. The number of nitrogens with one attached hydrogen (secondary N) is 1. The van der Waals surface area contributed by atoms with Crippen LogP contribution in [0.1, 0.15) is 31.7 Å². The zero-order valence-corrected chi connectivity index (χ0v) is 13.2. The highest BCUT2D eigenvalue weighted by atomic mass is 32.2. The Morgan fingerprint density at radius 3 is 2.95 bits per heavy atom. The Morgan fingerprint density at radius 1 is 1.52 bits per heavy atom. The molecule has 1 unspecified atom stereocenters. The number of imidazole rings is 1. The van der Waals surface area contributed by atoms with Crippen LogP contribution in [-0.4, -0.2) is 32.3 Å². The second kappa shape index (κ2) is 6.49. The van der Waals surface area contributed by atoms with Gasteiger partial charge >= 0.3 is 5.97 Å². The SMILES string of the molecule is CCC(N)(CCCSc1nc2ccc(C)cc2[nH]1)C(=O)O. The van der Waals surface area contributed by atoms with Crippen LogP contribution in [0.4, 0.5) is 0 Å². The van der Waals surface area contributed by atoms with Crippen LogP contribution in [0.2, 0.25) is 0 Å². The highest BCUT2D eigenvalue weighted by Gasteiger charge is 2.30. The molecule has 0 aliphatic heterocycles. The lowest BCUT2D eigenvalue weighted by Gasteiger charge is -2.22. The number of nitrogens with two attached hydrogens (primary N) is 1. The van der Waals surface area contributed by atoms with Gasteiger partial charge in [-0.3, -0.25) is 4.79 Å². The number of H-pyrrole nitrogens is 1. The van der Waals surface area contributed by atoms with Gasteiger partial charge in [-0.1, -0.05) is 24.8 Å². The quantitative estimate of drug-likeness (QED) is 0.540. The predicted molar refractivity (Wildman–Crippen MR) is 85.6 cm³/mol. The minimum absolute atomic E-state index is 0.441. The van der Waals surface area contributed by atoms with Crippen molar-refractivity contribution in [2.75, 3.05) is 5.75 Å². The van der Waals surface area contributed by atoms with Crippen LogP contribution < -0.4 is 5.73 Å². The molecule has 0 fully saturated rings. The van der Waals surface area contributed by atoms with E-state index in [0.717, 1.165) is 28.4 Å². The number of hydrogen-bond donors (Lipinski definition) is 3. The summed E-state index contributed by atoms with van der Waals surface area (Å²) in [5.41, 5.74) is 7.94. The van der Waals surface area contributed by atoms with E-state index in [2.05, 4.69) is 16.0 Å². The van der Waals surface area contributed by atoms with Crippen LogP contribution in [0.3, 0.4) is 0 Å². The van der Waals surface area contributed by atoms with Crippen LogP contribution in [0, 0.1) is 6.92 Å². The van der Waals surface area contributed by atoms with E-state index in [0.29, 0.717) is 12.8 Å².